The smallest absolute Gasteiger partial charge is 0.397 e. The van der Waals surface area contributed by atoms with Crippen molar-refractivity contribution in [3.8, 4) is 0 Å². The Morgan fingerprint density at radius 1 is 0.914 bits per heavy atom. The maximum atomic E-state index is 12.7. The Balaban J connectivity index is 2.88. The Morgan fingerprint density at radius 2 is 1.46 bits per heavy atom. The van der Waals surface area contributed by atoms with Crippen LogP contribution in [0.3, 0.4) is 0 Å². The molecular formula is C24H46F3NO3Si4. The minimum Gasteiger partial charge on any atom is -0.437 e. The molecule has 0 heterocycles. The van der Waals surface area contributed by atoms with E-state index in [1.165, 1.54) is 19.9 Å². The molecule has 0 atom stereocenters. The van der Waals surface area contributed by atoms with Gasteiger partial charge in [0.05, 0.1) is 8.07 Å². The van der Waals surface area contributed by atoms with Crippen molar-refractivity contribution in [2.75, 3.05) is 11.9 Å². The normalized spacial score (nSPS) is 13.7. The van der Waals surface area contributed by atoms with Crippen LogP contribution in [0, 0.1) is 0 Å². The van der Waals surface area contributed by atoms with Crippen LogP contribution in [0.1, 0.15) is 26.2 Å². The van der Waals surface area contributed by atoms with Crippen LogP contribution >= 0.6 is 0 Å². The van der Waals surface area contributed by atoms with Crippen LogP contribution in [0.25, 0.3) is 0 Å². The van der Waals surface area contributed by atoms with Crippen molar-refractivity contribution in [1.82, 2.24) is 0 Å². The highest BCUT2D eigenvalue weighted by atomic mass is 28.5. The number of halogens is 3. The largest absolute Gasteiger partial charge is 0.437 e. The zero-order chi connectivity index (χ0) is 27.3. The summed E-state index contributed by atoms with van der Waals surface area (Å²) in [7, 11) is -6.49. The van der Waals surface area contributed by atoms with Gasteiger partial charge in [-0.05, 0) is 63.5 Å². The molecule has 11 heteroatoms. The van der Waals surface area contributed by atoms with Crippen molar-refractivity contribution in [2.24, 2.45) is 0 Å². The summed E-state index contributed by atoms with van der Waals surface area (Å²) in [6, 6.07) is 10.6. The van der Waals surface area contributed by atoms with Crippen molar-refractivity contribution in [2.45, 2.75) is 103 Å². The number of carbonyl (C=O) groups excluding carboxylic acids is 1. The summed E-state index contributed by atoms with van der Waals surface area (Å²) in [6.45, 7) is 20.2. The molecule has 0 unspecified atom stereocenters. The van der Waals surface area contributed by atoms with Gasteiger partial charge in [-0.25, -0.2) is 0 Å². The summed E-state index contributed by atoms with van der Waals surface area (Å²) < 4.78 is 51.4. The van der Waals surface area contributed by atoms with Gasteiger partial charge < -0.3 is 13.1 Å². The third-order valence-electron chi connectivity index (χ3n) is 6.27. The standard InChI is InChI=1S/C24H46F3NO3Si4/c1-11-12-16-33(5,6)30-35(9,10)31-34(7,8)18-17-32(3,4)22-15-13-14-21(19-22)28(2)23(29)20-24(25,26)27/h13-15,19H,11-12,16-18,20H2,1-10H3. The molecule has 1 aromatic carbocycles. The molecule has 0 saturated carbocycles. The van der Waals surface area contributed by atoms with Crippen LogP contribution in [0.15, 0.2) is 24.3 Å². The first-order valence-corrected chi connectivity index (χ1v) is 24.8. The van der Waals surface area contributed by atoms with Crippen LogP contribution < -0.4 is 10.1 Å². The Hall–Kier alpha value is -0.732. The molecule has 0 fully saturated rings. The molecule has 4 nitrogen and oxygen atoms in total. The van der Waals surface area contributed by atoms with Crippen LogP contribution in [0.4, 0.5) is 18.9 Å². The molecule has 35 heavy (non-hydrogen) atoms. The minimum absolute atomic E-state index is 0.506. The van der Waals surface area contributed by atoms with Gasteiger partial charge in [0.25, 0.3) is 0 Å². The van der Waals surface area contributed by atoms with Crippen LogP contribution in [-0.4, -0.2) is 52.4 Å². The Morgan fingerprint density at radius 3 is 1.97 bits per heavy atom. The van der Waals surface area contributed by atoms with Gasteiger partial charge >= 0.3 is 14.7 Å². The molecule has 0 aliphatic rings. The quantitative estimate of drug-likeness (QED) is 0.233. The highest BCUT2D eigenvalue weighted by Crippen LogP contribution is 2.29. The number of hydrogen-bond donors (Lipinski definition) is 0. The van der Waals surface area contributed by atoms with E-state index in [0.717, 1.165) is 28.2 Å². The molecule has 0 aliphatic carbocycles. The second-order valence-corrected chi connectivity index (χ2v) is 29.2. The minimum atomic E-state index is -4.51. The molecule has 0 aromatic heterocycles. The van der Waals surface area contributed by atoms with Crippen LogP contribution in [0.2, 0.25) is 70.5 Å². The van der Waals surface area contributed by atoms with Gasteiger partial charge in [-0.1, -0.05) is 56.2 Å². The molecule has 0 saturated heterocycles. The lowest BCUT2D eigenvalue weighted by Gasteiger charge is -2.39. The van der Waals surface area contributed by atoms with Gasteiger partial charge in [-0.15, -0.1) is 0 Å². The third-order valence-corrected chi connectivity index (χ3v) is 21.5. The number of anilines is 1. The predicted molar refractivity (Wildman–Crippen MR) is 152 cm³/mol. The molecular weight excluding hydrogens is 520 g/mol. The van der Waals surface area contributed by atoms with Crippen molar-refractivity contribution in [1.29, 1.82) is 0 Å². The number of hydrogen-bond acceptors (Lipinski definition) is 3. The highest BCUT2D eigenvalue weighted by Gasteiger charge is 2.40. The van der Waals surface area contributed by atoms with Crippen molar-refractivity contribution in [3.05, 3.63) is 24.3 Å². The summed E-state index contributed by atoms with van der Waals surface area (Å²) in [5.74, 6) is -0.950. The number of amides is 1. The third kappa shape index (κ3) is 11.9. The second kappa shape index (κ2) is 12.2. The fourth-order valence-electron chi connectivity index (χ4n) is 4.38. The number of rotatable bonds is 13. The zero-order valence-corrected chi connectivity index (χ0v) is 27.4. The van der Waals surface area contributed by atoms with E-state index in [4.69, 9.17) is 8.23 Å². The first-order chi connectivity index (χ1) is 15.7. The number of benzene rings is 1. The van der Waals surface area contributed by atoms with E-state index in [0.29, 0.717) is 5.69 Å². The average Bonchev–Trinajstić information content (AvgIpc) is 2.67. The Labute approximate surface area is 215 Å². The van der Waals surface area contributed by atoms with E-state index >= 15 is 0 Å². The van der Waals surface area contributed by atoms with E-state index in [2.05, 4.69) is 59.3 Å². The second-order valence-electron chi connectivity index (χ2n) is 11.9. The molecule has 1 rings (SSSR count). The first-order valence-electron chi connectivity index (χ1n) is 12.5. The molecule has 0 bridgehead atoms. The number of nitrogens with zero attached hydrogens (tertiary/aromatic N) is 1. The van der Waals surface area contributed by atoms with Gasteiger partial charge in [-0.2, -0.15) is 13.2 Å². The summed E-state index contributed by atoms with van der Waals surface area (Å²) in [4.78, 5) is 13.2. The van der Waals surface area contributed by atoms with E-state index < -0.39 is 51.8 Å². The van der Waals surface area contributed by atoms with Crippen molar-refractivity contribution < 1.29 is 26.2 Å². The molecule has 1 amide bonds. The fourth-order valence-corrected chi connectivity index (χ4v) is 23.9. The lowest BCUT2D eigenvalue weighted by Crippen LogP contribution is -2.53. The van der Waals surface area contributed by atoms with E-state index in [1.807, 2.05) is 18.2 Å². The number of unbranched alkanes of at least 4 members (excludes halogenated alkanes) is 1. The lowest BCUT2D eigenvalue weighted by molar-refractivity contribution is -0.151. The predicted octanol–water partition coefficient (Wildman–Crippen LogP) is 7.46. The first kappa shape index (κ1) is 32.3. The summed E-state index contributed by atoms with van der Waals surface area (Å²) in [5.41, 5.74) is 0.506. The van der Waals surface area contributed by atoms with Crippen molar-refractivity contribution >= 4 is 50.1 Å². The molecule has 1 aromatic rings. The topological polar surface area (TPSA) is 38.8 Å². The number of carbonyl (C=O) groups is 1. The van der Waals surface area contributed by atoms with Gasteiger partial charge in [0.15, 0.2) is 16.6 Å². The molecule has 0 aliphatic heterocycles. The summed E-state index contributed by atoms with van der Waals surface area (Å²) in [5, 5.41) is 1.13. The monoisotopic (exact) mass is 565 g/mol. The maximum Gasteiger partial charge on any atom is 0.397 e. The summed E-state index contributed by atoms with van der Waals surface area (Å²) in [6.07, 6.45) is -3.59. The van der Waals surface area contributed by atoms with Crippen LogP contribution in [-0.2, 0) is 13.0 Å². The molecule has 202 valence electrons. The van der Waals surface area contributed by atoms with Crippen molar-refractivity contribution in [3.63, 3.8) is 0 Å². The zero-order valence-electron chi connectivity index (χ0n) is 23.4. The fraction of sp³-hybridized carbons (Fsp3) is 0.708. The van der Waals surface area contributed by atoms with E-state index in [9.17, 15) is 18.0 Å². The highest BCUT2D eigenvalue weighted by molar-refractivity contribution is 6.92. The van der Waals surface area contributed by atoms with Gasteiger partial charge in [-0.3, -0.25) is 4.79 Å². The lowest BCUT2D eigenvalue weighted by atomic mass is 10.2. The molecule has 0 spiro atoms. The average molecular weight is 566 g/mol. The van der Waals surface area contributed by atoms with E-state index in [-0.39, 0.29) is 0 Å². The Bertz CT molecular complexity index is 846. The van der Waals surface area contributed by atoms with Gasteiger partial charge in [0, 0.05) is 12.7 Å². The van der Waals surface area contributed by atoms with Crippen LogP contribution in [0.5, 0.6) is 0 Å². The summed E-state index contributed by atoms with van der Waals surface area (Å²) >= 11 is 0. The Kier molecular flexibility index (Phi) is 11.3. The molecule has 0 N–H and O–H groups in total. The van der Waals surface area contributed by atoms with Gasteiger partial charge in [0.1, 0.15) is 6.42 Å². The SMILES string of the molecule is CCCC[Si](C)(C)O[Si](C)(C)O[Si](C)(C)CC[Si](C)(C)c1cccc(N(C)C(=O)CC(F)(F)F)c1. The molecule has 0 radical (unpaired) electrons. The maximum absolute atomic E-state index is 12.7. The van der Waals surface area contributed by atoms with Gasteiger partial charge in [0.2, 0.25) is 5.91 Å². The number of alkyl halides is 3. The van der Waals surface area contributed by atoms with E-state index in [1.54, 1.807) is 6.07 Å².